The van der Waals surface area contributed by atoms with Gasteiger partial charge in [0.15, 0.2) is 0 Å². The quantitative estimate of drug-likeness (QED) is 0.776. The molecule has 2 aromatic rings. The highest BCUT2D eigenvalue weighted by Crippen LogP contribution is 2.22. The number of hydrogen-bond acceptors (Lipinski definition) is 4. The summed E-state index contributed by atoms with van der Waals surface area (Å²) in [5, 5.41) is 15.4. The van der Waals surface area contributed by atoms with Crippen molar-refractivity contribution in [3.63, 3.8) is 0 Å². The number of furan rings is 1. The number of hydrogen-bond donors (Lipinski definition) is 3. The van der Waals surface area contributed by atoms with Crippen LogP contribution in [-0.4, -0.2) is 30.8 Å². The topological polar surface area (TPSA) is 77.7 Å². The van der Waals surface area contributed by atoms with Gasteiger partial charge in [0.2, 0.25) is 0 Å². The highest BCUT2D eigenvalue weighted by Gasteiger charge is 2.13. The Kier molecular flexibility index (Phi) is 5.95. The Morgan fingerprint density at radius 3 is 2.68 bits per heavy atom. The predicted octanol–water partition coefficient (Wildman–Crippen LogP) is 3.52. The number of aliphatic hydroxyl groups is 1. The van der Waals surface area contributed by atoms with Gasteiger partial charge in [0.1, 0.15) is 11.9 Å². The molecule has 1 aliphatic heterocycles. The van der Waals surface area contributed by atoms with Crippen LogP contribution in [0.4, 0.5) is 16.2 Å². The summed E-state index contributed by atoms with van der Waals surface area (Å²) < 4.78 is 5.11. The van der Waals surface area contributed by atoms with Crippen LogP contribution in [0.15, 0.2) is 47.1 Å². The minimum Gasteiger partial charge on any atom is -0.467 e. The molecule has 2 heterocycles. The average Bonchev–Trinajstić information content (AvgIpc) is 3.02. The summed E-state index contributed by atoms with van der Waals surface area (Å²) in [7, 11) is 0. The molecule has 0 aliphatic carbocycles. The third-order valence-electron chi connectivity index (χ3n) is 4.40. The summed E-state index contributed by atoms with van der Waals surface area (Å²) in [6, 6.07) is 10.9. The first-order valence-corrected chi connectivity index (χ1v) is 8.84. The summed E-state index contributed by atoms with van der Waals surface area (Å²) in [5.74, 6) is 0.434. The Bertz CT molecular complexity index is 664. The van der Waals surface area contributed by atoms with Gasteiger partial charge in [-0.15, -0.1) is 0 Å². The van der Waals surface area contributed by atoms with E-state index in [-0.39, 0.29) is 12.6 Å². The predicted molar refractivity (Wildman–Crippen MR) is 97.8 cm³/mol. The van der Waals surface area contributed by atoms with Crippen molar-refractivity contribution in [3.8, 4) is 0 Å². The van der Waals surface area contributed by atoms with Crippen LogP contribution in [0.5, 0.6) is 0 Å². The number of urea groups is 1. The first kappa shape index (κ1) is 17.4. The smallest absolute Gasteiger partial charge is 0.319 e. The van der Waals surface area contributed by atoms with Crippen molar-refractivity contribution in [2.45, 2.75) is 31.8 Å². The standard InChI is InChI=1S/C19H25N3O3/c23-17(18-9-6-12-25-18)14-20-19(24)21-15-7-5-8-16(13-15)22-10-3-1-2-4-11-22/h5-9,12-13,17,23H,1-4,10-11,14H2,(H2,20,21,24)/t17-/m1/s1. The lowest BCUT2D eigenvalue weighted by molar-refractivity contribution is 0.149. The van der Waals surface area contributed by atoms with Gasteiger partial charge in [-0.1, -0.05) is 18.9 Å². The van der Waals surface area contributed by atoms with Crippen molar-refractivity contribution < 1.29 is 14.3 Å². The van der Waals surface area contributed by atoms with Crippen molar-refractivity contribution in [1.29, 1.82) is 0 Å². The number of aliphatic hydroxyl groups excluding tert-OH is 1. The number of benzene rings is 1. The van der Waals surface area contributed by atoms with Crippen LogP contribution in [0.3, 0.4) is 0 Å². The molecule has 3 N–H and O–H groups in total. The van der Waals surface area contributed by atoms with Crippen LogP contribution in [0, 0.1) is 0 Å². The van der Waals surface area contributed by atoms with Crippen LogP contribution < -0.4 is 15.5 Å². The highest BCUT2D eigenvalue weighted by molar-refractivity contribution is 5.89. The van der Waals surface area contributed by atoms with Gasteiger partial charge in [-0.3, -0.25) is 0 Å². The molecule has 0 saturated carbocycles. The average molecular weight is 343 g/mol. The van der Waals surface area contributed by atoms with E-state index < -0.39 is 6.10 Å². The van der Waals surface area contributed by atoms with Gasteiger partial charge >= 0.3 is 6.03 Å². The summed E-state index contributed by atoms with van der Waals surface area (Å²) in [4.78, 5) is 14.4. The minimum atomic E-state index is -0.857. The van der Waals surface area contributed by atoms with Gasteiger partial charge in [-0.2, -0.15) is 0 Å². The molecule has 25 heavy (non-hydrogen) atoms. The van der Waals surface area contributed by atoms with Crippen LogP contribution in [0.1, 0.15) is 37.5 Å². The Morgan fingerprint density at radius 2 is 1.96 bits per heavy atom. The van der Waals surface area contributed by atoms with Crippen molar-refractivity contribution >= 4 is 17.4 Å². The normalized spacial score (nSPS) is 16.1. The summed E-state index contributed by atoms with van der Waals surface area (Å²) in [6.07, 6.45) is 5.63. The summed E-state index contributed by atoms with van der Waals surface area (Å²) in [6.45, 7) is 2.21. The molecule has 0 bridgehead atoms. The molecule has 1 aromatic carbocycles. The monoisotopic (exact) mass is 343 g/mol. The van der Waals surface area contributed by atoms with E-state index >= 15 is 0 Å². The Balaban J connectivity index is 1.53. The van der Waals surface area contributed by atoms with Crippen molar-refractivity contribution in [2.24, 2.45) is 0 Å². The zero-order chi connectivity index (χ0) is 17.5. The molecule has 3 rings (SSSR count). The second kappa shape index (κ2) is 8.58. The molecule has 1 aliphatic rings. The zero-order valence-corrected chi connectivity index (χ0v) is 14.3. The van der Waals surface area contributed by atoms with E-state index in [1.54, 1.807) is 12.1 Å². The van der Waals surface area contributed by atoms with Crippen molar-refractivity contribution in [1.82, 2.24) is 5.32 Å². The number of rotatable bonds is 5. The lowest BCUT2D eigenvalue weighted by Gasteiger charge is -2.23. The molecule has 1 saturated heterocycles. The molecule has 1 aromatic heterocycles. The first-order chi connectivity index (χ1) is 12.2. The summed E-state index contributed by atoms with van der Waals surface area (Å²) in [5.41, 5.74) is 1.88. The zero-order valence-electron chi connectivity index (χ0n) is 14.3. The lowest BCUT2D eigenvalue weighted by Crippen LogP contribution is -2.32. The molecular weight excluding hydrogens is 318 g/mol. The molecule has 2 amide bonds. The maximum atomic E-state index is 12.1. The van der Waals surface area contributed by atoms with Gasteiger partial charge < -0.3 is 25.1 Å². The summed E-state index contributed by atoms with van der Waals surface area (Å²) >= 11 is 0. The molecular formula is C19H25N3O3. The van der Waals surface area contributed by atoms with E-state index in [9.17, 15) is 9.90 Å². The third-order valence-corrected chi connectivity index (χ3v) is 4.40. The van der Waals surface area contributed by atoms with Gasteiger partial charge in [0, 0.05) is 24.5 Å². The van der Waals surface area contributed by atoms with Gasteiger partial charge in [0.05, 0.1) is 12.8 Å². The molecule has 0 radical (unpaired) electrons. The third kappa shape index (κ3) is 5.00. The number of carbonyl (C=O) groups excluding carboxylic acids is 1. The van der Waals surface area contributed by atoms with Crippen LogP contribution in [-0.2, 0) is 0 Å². The highest BCUT2D eigenvalue weighted by atomic mass is 16.4. The SMILES string of the molecule is O=C(NC[C@@H](O)c1ccco1)Nc1cccc(N2CCCCCC2)c1. The molecule has 6 nitrogen and oxygen atoms in total. The largest absolute Gasteiger partial charge is 0.467 e. The molecule has 0 unspecified atom stereocenters. The minimum absolute atomic E-state index is 0.0885. The molecule has 1 atom stereocenters. The van der Waals surface area contributed by atoms with Gasteiger partial charge in [-0.05, 0) is 43.2 Å². The maximum absolute atomic E-state index is 12.1. The number of nitrogens with zero attached hydrogens (tertiary/aromatic N) is 1. The molecule has 1 fully saturated rings. The van der Waals surface area contributed by atoms with Gasteiger partial charge in [0.25, 0.3) is 0 Å². The van der Waals surface area contributed by atoms with Crippen LogP contribution >= 0.6 is 0 Å². The van der Waals surface area contributed by atoms with E-state index in [1.807, 2.05) is 18.2 Å². The van der Waals surface area contributed by atoms with Crippen molar-refractivity contribution in [3.05, 3.63) is 48.4 Å². The van der Waals surface area contributed by atoms with Crippen LogP contribution in [0.2, 0.25) is 0 Å². The van der Waals surface area contributed by atoms with E-state index in [4.69, 9.17) is 4.42 Å². The number of anilines is 2. The number of nitrogens with one attached hydrogen (secondary N) is 2. The Hall–Kier alpha value is -2.47. The molecule has 0 spiro atoms. The molecule has 134 valence electrons. The fourth-order valence-electron chi connectivity index (χ4n) is 3.06. The lowest BCUT2D eigenvalue weighted by atomic mass is 10.2. The van der Waals surface area contributed by atoms with Crippen molar-refractivity contribution in [2.75, 3.05) is 29.9 Å². The van der Waals surface area contributed by atoms with E-state index in [2.05, 4.69) is 21.6 Å². The number of carbonyl (C=O) groups is 1. The van der Waals surface area contributed by atoms with E-state index in [0.717, 1.165) is 24.5 Å². The van der Waals surface area contributed by atoms with E-state index in [1.165, 1.54) is 31.9 Å². The molecule has 6 heteroatoms. The first-order valence-electron chi connectivity index (χ1n) is 8.84. The maximum Gasteiger partial charge on any atom is 0.319 e. The number of amides is 2. The Labute approximate surface area is 147 Å². The Morgan fingerprint density at radius 1 is 1.16 bits per heavy atom. The fraction of sp³-hybridized carbons (Fsp3) is 0.421. The second-order valence-corrected chi connectivity index (χ2v) is 6.32. The van der Waals surface area contributed by atoms with Gasteiger partial charge in [-0.25, -0.2) is 4.79 Å². The second-order valence-electron chi connectivity index (χ2n) is 6.32. The van der Waals surface area contributed by atoms with E-state index in [0.29, 0.717) is 5.76 Å². The van der Waals surface area contributed by atoms with Crippen LogP contribution in [0.25, 0.3) is 0 Å². The fourth-order valence-corrected chi connectivity index (χ4v) is 3.06.